The van der Waals surface area contributed by atoms with Crippen LogP contribution in [-0.2, 0) is 17.8 Å². The fourth-order valence-electron chi connectivity index (χ4n) is 4.00. The van der Waals surface area contributed by atoms with E-state index in [-0.39, 0.29) is 16.7 Å². The van der Waals surface area contributed by atoms with E-state index in [1.807, 2.05) is 68.1 Å². The number of amides is 1. The minimum absolute atomic E-state index is 0.0234. The number of fused-ring (bicyclic) bond motifs is 3. The van der Waals surface area contributed by atoms with E-state index in [1.165, 1.54) is 28.7 Å². The van der Waals surface area contributed by atoms with Crippen LogP contribution in [-0.4, -0.2) is 38.7 Å². The van der Waals surface area contributed by atoms with Crippen LogP contribution in [0.25, 0.3) is 20.3 Å². The summed E-state index contributed by atoms with van der Waals surface area (Å²) in [6, 6.07) is 18.2. The minimum Gasteiger partial charge on any atom is -0.342 e. The summed E-state index contributed by atoms with van der Waals surface area (Å²) in [5.74, 6) is 0.103. The maximum absolute atomic E-state index is 13.7. The molecule has 2 heterocycles. The molecule has 0 spiro atoms. The van der Waals surface area contributed by atoms with Crippen LogP contribution in [0.3, 0.4) is 0 Å². The quantitative estimate of drug-likeness (QED) is 0.232. The van der Waals surface area contributed by atoms with Crippen molar-refractivity contribution in [2.24, 2.45) is 0 Å². The predicted molar refractivity (Wildman–Crippen MR) is 139 cm³/mol. The van der Waals surface area contributed by atoms with Gasteiger partial charge in [0.25, 0.3) is 5.56 Å². The Balaban J connectivity index is 1.79. The third-order valence-corrected chi connectivity index (χ3v) is 8.37. The molecule has 5 nitrogen and oxygen atoms in total. The van der Waals surface area contributed by atoms with Crippen LogP contribution in [0, 0.1) is 0 Å². The number of carbonyl (C=O) groups excluding carboxylic acids is 1. The summed E-state index contributed by atoms with van der Waals surface area (Å²) >= 11 is 2.92. The monoisotopic (exact) mass is 479 g/mol. The first-order chi connectivity index (χ1) is 16.1. The maximum atomic E-state index is 13.7. The fourth-order valence-corrected chi connectivity index (χ4v) is 6.21. The van der Waals surface area contributed by atoms with Crippen molar-refractivity contribution in [1.29, 1.82) is 0 Å². The Morgan fingerprint density at radius 1 is 1.06 bits per heavy atom. The van der Waals surface area contributed by atoms with Crippen molar-refractivity contribution in [3.05, 3.63) is 70.5 Å². The van der Waals surface area contributed by atoms with Crippen molar-refractivity contribution < 1.29 is 4.79 Å². The molecule has 4 aromatic rings. The van der Waals surface area contributed by atoms with Crippen molar-refractivity contribution in [1.82, 2.24) is 14.5 Å². The van der Waals surface area contributed by atoms with E-state index in [1.54, 1.807) is 4.57 Å². The first-order valence-electron chi connectivity index (χ1n) is 11.5. The zero-order valence-electron chi connectivity index (χ0n) is 19.3. The molecule has 0 aliphatic heterocycles. The van der Waals surface area contributed by atoms with Crippen molar-refractivity contribution in [3.63, 3.8) is 0 Å². The molecule has 0 bridgehead atoms. The van der Waals surface area contributed by atoms with Gasteiger partial charge in [-0.3, -0.25) is 14.2 Å². The molecule has 0 unspecified atom stereocenters. The Hall–Kier alpha value is -2.64. The van der Waals surface area contributed by atoms with E-state index in [0.29, 0.717) is 35.9 Å². The molecule has 0 radical (unpaired) electrons. The highest BCUT2D eigenvalue weighted by molar-refractivity contribution is 8.00. The second kappa shape index (κ2) is 10.5. The van der Waals surface area contributed by atoms with Crippen LogP contribution < -0.4 is 5.56 Å². The number of aromatic nitrogens is 2. The van der Waals surface area contributed by atoms with E-state index in [0.717, 1.165) is 22.0 Å². The van der Waals surface area contributed by atoms with Gasteiger partial charge in [0.1, 0.15) is 4.70 Å². The Labute approximate surface area is 202 Å². The first kappa shape index (κ1) is 23.5. The molecule has 33 heavy (non-hydrogen) atoms. The summed E-state index contributed by atoms with van der Waals surface area (Å²) in [6.07, 6.45) is 1.41. The van der Waals surface area contributed by atoms with Gasteiger partial charge in [0, 0.05) is 29.7 Å². The normalized spacial score (nSPS) is 12.3. The van der Waals surface area contributed by atoms with E-state index in [9.17, 15) is 9.59 Å². The molecule has 1 amide bonds. The molecule has 172 valence electrons. The lowest BCUT2D eigenvalue weighted by Gasteiger charge is -2.24. The average Bonchev–Trinajstić information content (AvgIpc) is 3.22. The molecule has 4 rings (SSSR count). The lowest BCUT2D eigenvalue weighted by molar-refractivity contribution is -0.130. The molecule has 2 aromatic carbocycles. The molecule has 0 aliphatic carbocycles. The third kappa shape index (κ3) is 4.84. The lowest BCUT2D eigenvalue weighted by Crippen LogP contribution is -2.37. The number of thiophene rings is 1. The zero-order chi connectivity index (χ0) is 23.4. The number of hydrogen-bond acceptors (Lipinski definition) is 5. The number of hydrogen-bond donors (Lipinski definition) is 0. The van der Waals surface area contributed by atoms with Crippen LogP contribution in [0.5, 0.6) is 0 Å². The van der Waals surface area contributed by atoms with Crippen LogP contribution in [0.2, 0.25) is 0 Å². The molecular formula is C26H29N3O2S2. The number of rotatable bonds is 9. The van der Waals surface area contributed by atoms with Crippen LogP contribution in [0.15, 0.2) is 64.5 Å². The molecule has 1 atom stereocenters. The second-order valence-electron chi connectivity index (χ2n) is 7.89. The largest absolute Gasteiger partial charge is 0.342 e. The summed E-state index contributed by atoms with van der Waals surface area (Å²) in [5, 5.41) is 1.34. The molecule has 0 saturated heterocycles. The summed E-state index contributed by atoms with van der Waals surface area (Å²) in [5.41, 5.74) is 1.89. The van der Waals surface area contributed by atoms with Crippen molar-refractivity contribution in [2.45, 2.75) is 50.6 Å². The average molecular weight is 480 g/mol. The third-order valence-electron chi connectivity index (χ3n) is 5.88. The second-order valence-corrected chi connectivity index (χ2v) is 10.1. The molecular weight excluding hydrogens is 450 g/mol. The van der Waals surface area contributed by atoms with Gasteiger partial charge in [-0.2, -0.15) is 0 Å². The van der Waals surface area contributed by atoms with E-state index >= 15 is 0 Å². The smallest absolute Gasteiger partial charge is 0.272 e. The summed E-state index contributed by atoms with van der Waals surface area (Å²) < 4.78 is 3.50. The Bertz CT molecular complexity index is 1310. The van der Waals surface area contributed by atoms with Crippen molar-refractivity contribution >= 4 is 49.3 Å². The van der Waals surface area contributed by atoms with Gasteiger partial charge in [0.15, 0.2) is 5.16 Å². The SMILES string of the molecule is CC[C@H](Sc1nc2c(sc3ccccc32)c(=O)n1CCc1ccccc1)C(=O)N(CC)CC. The molecule has 0 N–H and O–H groups in total. The molecule has 0 saturated carbocycles. The molecule has 2 aromatic heterocycles. The lowest BCUT2D eigenvalue weighted by atomic mass is 10.1. The fraction of sp³-hybridized carbons (Fsp3) is 0.346. The van der Waals surface area contributed by atoms with Gasteiger partial charge in [-0.25, -0.2) is 4.98 Å². The Kier molecular flexibility index (Phi) is 7.50. The minimum atomic E-state index is -0.276. The predicted octanol–water partition coefficient (Wildman–Crippen LogP) is 5.59. The Morgan fingerprint density at radius 2 is 1.76 bits per heavy atom. The standard InChI is InChI=1S/C26H29N3O2S2/c1-4-20(24(30)28(5-2)6-3)33-26-27-22-19-14-10-11-15-21(19)32-23(22)25(31)29(26)17-16-18-12-8-7-9-13-18/h7-15,20H,4-6,16-17H2,1-3H3/t20-/m0/s1. The van der Waals surface area contributed by atoms with Gasteiger partial charge in [-0.1, -0.05) is 67.2 Å². The molecule has 0 aliphatic rings. The highest BCUT2D eigenvalue weighted by Gasteiger charge is 2.25. The topological polar surface area (TPSA) is 55.2 Å². The van der Waals surface area contributed by atoms with Gasteiger partial charge in [-0.15, -0.1) is 11.3 Å². The number of benzene rings is 2. The van der Waals surface area contributed by atoms with Gasteiger partial charge in [-0.05, 0) is 38.3 Å². The van der Waals surface area contributed by atoms with Gasteiger partial charge >= 0.3 is 0 Å². The van der Waals surface area contributed by atoms with E-state index in [4.69, 9.17) is 4.98 Å². The highest BCUT2D eigenvalue weighted by Crippen LogP contribution is 2.33. The number of carbonyl (C=O) groups is 1. The van der Waals surface area contributed by atoms with Gasteiger partial charge < -0.3 is 4.90 Å². The molecule has 7 heteroatoms. The van der Waals surface area contributed by atoms with E-state index < -0.39 is 0 Å². The van der Waals surface area contributed by atoms with Crippen molar-refractivity contribution in [2.75, 3.05) is 13.1 Å². The van der Waals surface area contributed by atoms with Gasteiger partial charge in [0.2, 0.25) is 5.91 Å². The van der Waals surface area contributed by atoms with Crippen molar-refractivity contribution in [3.8, 4) is 0 Å². The summed E-state index contributed by atoms with van der Waals surface area (Å²) in [7, 11) is 0. The number of aryl methyl sites for hydroxylation is 1. The maximum Gasteiger partial charge on any atom is 0.272 e. The van der Waals surface area contributed by atoms with Crippen LogP contribution in [0.1, 0.15) is 32.8 Å². The number of nitrogens with zero attached hydrogens (tertiary/aromatic N) is 3. The van der Waals surface area contributed by atoms with Crippen LogP contribution >= 0.6 is 23.1 Å². The van der Waals surface area contributed by atoms with Crippen LogP contribution in [0.4, 0.5) is 0 Å². The van der Waals surface area contributed by atoms with E-state index in [2.05, 4.69) is 12.1 Å². The summed E-state index contributed by atoms with van der Waals surface area (Å²) in [4.78, 5) is 33.6. The highest BCUT2D eigenvalue weighted by atomic mass is 32.2. The number of thioether (sulfide) groups is 1. The first-order valence-corrected chi connectivity index (χ1v) is 13.2. The van der Waals surface area contributed by atoms with Gasteiger partial charge in [0.05, 0.1) is 10.8 Å². The Morgan fingerprint density at radius 3 is 2.45 bits per heavy atom. The summed E-state index contributed by atoms with van der Waals surface area (Å²) in [6.45, 7) is 7.89. The molecule has 0 fully saturated rings. The zero-order valence-corrected chi connectivity index (χ0v) is 20.9.